The fourth-order valence-corrected chi connectivity index (χ4v) is 2.22. The molecule has 2 atom stereocenters. The molecule has 0 spiro atoms. The van der Waals surface area contributed by atoms with Crippen LogP contribution in [0.15, 0.2) is 12.4 Å². The molecular formula is C11H19N3. The Labute approximate surface area is 85.5 Å². The molecule has 0 radical (unpaired) electrons. The number of nitrogens with one attached hydrogen (secondary N) is 1. The van der Waals surface area contributed by atoms with Gasteiger partial charge in [-0.05, 0) is 37.3 Å². The van der Waals surface area contributed by atoms with Crippen LogP contribution in [0, 0.1) is 5.92 Å². The van der Waals surface area contributed by atoms with Crippen LogP contribution in [-0.4, -0.2) is 22.4 Å². The van der Waals surface area contributed by atoms with Gasteiger partial charge < -0.3 is 5.32 Å². The Kier molecular flexibility index (Phi) is 2.87. The molecule has 0 amide bonds. The summed E-state index contributed by atoms with van der Waals surface area (Å²) < 4.78 is 1.88. The van der Waals surface area contributed by atoms with E-state index in [1.54, 1.807) is 0 Å². The number of hydrogen-bond donors (Lipinski definition) is 1. The molecule has 0 aromatic carbocycles. The molecule has 1 fully saturated rings. The largest absolute Gasteiger partial charge is 0.313 e. The highest BCUT2D eigenvalue weighted by molar-refractivity contribution is 5.06. The molecule has 14 heavy (non-hydrogen) atoms. The molecule has 1 saturated heterocycles. The van der Waals surface area contributed by atoms with Crippen LogP contribution in [0.2, 0.25) is 0 Å². The Morgan fingerprint density at radius 1 is 1.64 bits per heavy atom. The minimum Gasteiger partial charge on any atom is -0.313 e. The monoisotopic (exact) mass is 193 g/mol. The zero-order valence-electron chi connectivity index (χ0n) is 9.03. The van der Waals surface area contributed by atoms with Crippen molar-refractivity contribution in [1.82, 2.24) is 15.1 Å². The first-order chi connectivity index (χ1) is 6.75. The van der Waals surface area contributed by atoms with Gasteiger partial charge in [-0.15, -0.1) is 0 Å². The molecule has 2 heterocycles. The maximum absolute atomic E-state index is 4.20. The van der Waals surface area contributed by atoms with Crippen LogP contribution >= 0.6 is 0 Å². The minimum absolute atomic E-state index is 0.646. The molecule has 2 unspecified atom stereocenters. The maximum atomic E-state index is 4.20. The topological polar surface area (TPSA) is 29.9 Å². The van der Waals surface area contributed by atoms with Crippen molar-refractivity contribution >= 4 is 0 Å². The molecule has 1 aliphatic rings. The molecule has 2 rings (SSSR count). The molecule has 0 saturated carbocycles. The van der Waals surface area contributed by atoms with Gasteiger partial charge in [0.15, 0.2) is 0 Å². The van der Waals surface area contributed by atoms with Crippen LogP contribution in [0.3, 0.4) is 0 Å². The fraction of sp³-hybridized carbons (Fsp3) is 0.727. The SMILES string of the molecule is CC1CCCNC1Cc1cnn(C)c1. The van der Waals surface area contributed by atoms with Crippen molar-refractivity contribution in [1.29, 1.82) is 0 Å². The maximum Gasteiger partial charge on any atom is 0.0522 e. The normalized spacial score (nSPS) is 27.9. The molecule has 1 aliphatic heterocycles. The van der Waals surface area contributed by atoms with Crippen molar-refractivity contribution in [2.75, 3.05) is 6.54 Å². The molecule has 3 nitrogen and oxygen atoms in total. The van der Waals surface area contributed by atoms with Gasteiger partial charge in [0.2, 0.25) is 0 Å². The second-order valence-electron chi connectivity index (χ2n) is 4.41. The second kappa shape index (κ2) is 4.13. The smallest absolute Gasteiger partial charge is 0.0522 e. The summed E-state index contributed by atoms with van der Waals surface area (Å²) >= 11 is 0. The van der Waals surface area contributed by atoms with Crippen LogP contribution < -0.4 is 5.32 Å². The average Bonchev–Trinajstić information content (AvgIpc) is 2.56. The van der Waals surface area contributed by atoms with E-state index in [0.717, 1.165) is 12.3 Å². The Balaban J connectivity index is 1.95. The Bertz CT molecular complexity index is 292. The summed E-state index contributed by atoms with van der Waals surface area (Å²) in [7, 11) is 1.97. The summed E-state index contributed by atoms with van der Waals surface area (Å²) in [6, 6.07) is 0.646. The zero-order chi connectivity index (χ0) is 9.97. The van der Waals surface area contributed by atoms with Crippen LogP contribution in [-0.2, 0) is 13.5 Å². The third-order valence-electron chi connectivity index (χ3n) is 3.14. The predicted molar refractivity (Wildman–Crippen MR) is 57.1 cm³/mol. The number of rotatable bonds is 2. The highest BCUT2D eigenvalue weighted by Crippen LogP contribution is 2.18. The van der Waals surface area contributed by atoms with Crippen molar-refractivity contribution in [2.45, 2.75) is 32.2 Å². The molecule has 1 N–H and O–H groups in total. The number of piperidine rings is 1. The van der Waals surface area contributed by atoms with E-state index in [2.05, 4.69) is 23.5 Å². The van der Waals surface area contributed by atoms with Crippen LogP contribution in [0.5, 0.6) is 0 Å². The van der Waals surface area contributed by atoms with E-state index < -0.39 is 0 Å². The number of aryl methyl sites for hydroxylation is 1. The summed E-state index contributed by atoms with van der Waals surface area (Å²) in [6.45, 7) is 3.52. The van der Waals surface area contributed by atoms with Crippen LogP contribution in [0.1, 0.15) is 25.3 Å². The lowest BCUT2D eigenvalue weighted by atomic mass is 9.89. The van der Waals surface area contributed by atoms with Crippen molar-refractivity contribution in [3.8, 4) is 0 Å². The lowest BCUT2D eigenvalue weighted by molar-refractivity contribution is 0.298. The molecular weight excluding hydrogens is 174 g/mol. The van der Waals surface area contributed by atoms with E-state index in [1.807, 2.05) is 17.9 Å². The first kappa shape index (κ1) is 9.71. The summed E-state index contributed by atoms with van der Waals surface area (Å²) in [5.74, 6) is 0.795. The molecule has 78 valence electrons. The van der Waals surface area contributed by atoms with E-state index in [0.29, 0.717) is 6.04 Å². The zero-order valence-corrected chi connectivity index (χ0v) is 9.03. The van der Waals surface area contributed by atoms with E-state index in [9.17, 15) is 0 Å². The highest BCUT2D eigenvalue weighted by atomic mass is 15.2. The Morgan fingerprint density at radius 3 is 3.14 bits per heavy atom. The first-order valence-corrected chi connectivity index (χ1v) is 5.46. The first-order valence-electron chi connectivity index (χ1n) is 5.46. The van der Waals surface area contributed by atoms with Gasteiger partial charge in [0.25, 0.3) is 0 Å². The minimum atomic E-state index is 0.646. The van der Waals surface area contributed by atoms with Crippen molar-refractivity contribution in [2.24, 2.45) is 13.0 Å². The van der Waals surface area contributed by atoms with Crippen molar-refractivity contribution in [3.05, 3.63) is 18.0 Å². The van der Waals surface area contributed by atoms with Gasteiger partial charge in [0.05, 0.1) is 6.20 Å². The predicted octanol–water partition coefficient (Wildman–Crippen LogP) is 1.35. The standard InChI is InChI=1S/C11H19N3/c1-9-4-3-5-12-11(9)6-10-7-13-14(2)8-10/h7-9,11-12H,3-6H2,1-2H3. The lowest BCUT2D eigenvalue weighted by Crippen LogP contribution is -2.41. The van der Waals surface area contributed by atoms with Gasteiger partial charge in [-0.2, -0.15) is 5.10 Å². The highest BCUT2D eigenvalue weighted by Gasteiger charge is 2.20. The molecule has 1 aromatic heterocycles. The van der Waals surface area contributed by atoms with Gasteiger partial charge in [0, 0.05) is 19.3 Å². The summed E-state index contributed by atoms with van der Waals surface area (Å²) in [5, 5.41) is 7.79. The van der Waals surface area contributed by atoms with Gasteiger partial charge in [0.1, 0.15) is 0 Å². The Hall–Kier alpha value is -0.830. The van der Waals surface area contributed by atoms with E-state index >= 15 is 0 Å². The Morgan fingerprint density at radius 2 is 2.50 bits per heavy atom. The number of aromatic nitrogens is 2. The molecule has 0 bridgehead atoms. The molecule has 1 aromatic rings. The average molecular weight is 193 g/mol. The van der Waals surface area contributed by atoms with E-state index in [-0.39, 0.29) is 0 Å². The van der Waals surface area contributed by atoms with Gasteiger partial charge in [-0.1, -0.05) is 6.92 Å². The van der Waals surface area contributed by atoms with E-state index in [4.69, 9.17) is 0 Å². The van der Waals surface area contributed by atoms with Crippen LogP contribution in [0.4, 0.5) is 0 Å². The van der Waals surface area contributed by atoms with E-state index in [1.165, 1.54) is 24.9 Å². The van der Waals surface area contributed by atoms with Gasteiger partial charge >= 0.3 is 0 Å². The van der Waals surface area contributed by atoms with Gasteiger partial charge in [-0.3, -0.25) is 4.68 Å². The fourth-order valence-electron chi connectivity index (χ4n) is 2.22. The van der Waals surface area contributed by atoms with Crippen molar-refractivity contribution in [3.63, 3.8) is 0 Å². The number of hydrogen-bond acceptors (Lipinski definition) is 2. The summed E-state index contributed by atoms with van der Waals surface area (Å²) in [4.78, 5) is 0. The summed E-state index contributed by atoms with van der Waals surface area (Å²) in [5.41, 5.74) is 1.35. The molecule has 0 aliphatic carbocycles. The lowest BCUT2D eigenvalue weighted by Gasteiger charge is -2.29. The van der Waals surface area contributed by atoms with Gasteiger partial charge in [-0.25, -0.2) is 0 Å². The molecule has 3 heteroatoms. The number of nitrogens with zero attached hydrogens (tertiary/aromatic N) is 2. The summed E-state index contributed by atoms with van der Waals surface area (Å²) in [6.07, 6.45) is 7.89. The third kappa shape index (κ3) is 2.15. The van der Waals surface area contributed by atoms with Crippen LogP contribution in [0.25, 0.3) is 0 Å². The quantitative estimate of drug-likeness (QED) is 0.768. The third-order valence-corrected chi connectivity index (χ3v) is 3.14. The second-order valence-corrected chi connectivity index (χ2v) is 4.41. The van der Waals surface area contributed by atoms with Crippen molar-refractivity contribution < 1.29 is 0 Å².